The molecule has 0 amide bonds. The highest BCUT2D eigenvalue weighted by Gasteiger charge is 2.57. The molecule has 1 heterocycles. The van der Waals surface area contributed by atoms with Crippen LogP contribution in [-0.2, 0) is 10.3 Å². The van der Waals surface area contributed by atoms with Gasteiger partial charge in [0.05, 0.1) is 6.61 Å². The van der Waals surface area contributed by atoms with Gasteiger partial charge in [-0.15, -0.1) is 0 Å². The van der Waals surface area contributed by atoms with Gasteiger partial charge in [-0.2, -0.15) is 4.39 Å². The summed E-state index contributed by atoms with van der Waals surface area (Å²) in [6, 6.07) is 11.3. The van der Waals surface area contributed by atoms with E-state index in [1.165, 1.54) is 0 Å². The molecule has 3 rings (SSSR count). The fourth-order valence-corrected chi connectivity index (χ4v) is 2.74. The first-order valence-electron chi connectivity index (χ1n) is 6.17. The molecule has 1 aliphatic heterocycles. The molecular formula is C15H10Cl3FO2. The monoisotopic (exact) mass is 346 g/mol. The molecule has 21 heavy (non-hydrogen) atoms. The molecular weight excluding hydrogens is 338 g/mol. The van der Waals surface area contributed by atoms with E-state index in [-0.39, 0.29) is 6.61 Å². The van der Waals surface area contributed by atoms with E-state index in [1.54, 1.807) is 42.5 Å². The third-order valence-corrected chi connectivity index (χ3v) is 4.06. The van der Waals surface area contributed by atoms with Crippen LogP contribution < -0.4 is 4.74 Å². The van der Waals surface area contributed by atoms with Crippen molar-refractivity contribution in [3.63, 3.8) is 0 Å². The summed E-state index contributed by atoms with van der Waals surface area (Å²) in [6.07, 6.45) is -1.68. The Hall–Kier alpha value is -1.000. The van der Waals surface area contributed by atoms with Crippen molar-refractivity contribution in [2.45, 2.75) is 12.0 Å². The maximum absolute atomic E-state index is 14.5. The highest BCUT2D eigenvalue weighted by Crippen LogP contribution is 2.47. The average molecular weight is 348 g/mol. The van der Waals surface area contributed by atoms with Crippen molar-refractivity contribution in [3.05, 3.63) is 63.1 Å². The first-order chi connectivity index (χ1) is 10.0. The van der Waals surface area contributed by atoms with Crippen molar-refractivity contribution < 1.29 is 13.9 Å². The Bertz CT molecular complexity index is 656. The summed E-state index contributed by atoms with van der Waals surface area (Å²) in [5, 5.41) is 1.38. The van der Waals surface area contributed by atoms with Crippen LogP contribution in [0.25, 0.3) is 0 Å². The fourth-order valence-electron chi connectivity index (χ4n) is 2.05. The van der Waals surface area contributed by atoms with Crippen molar-refractivity contribution in [2.24, 2.45) is 0 Å². The summed E-state index contributed by atoms with van der Waals surface area (Å²) in [6.45, 7) is 0.198. The first kappa shape index (κ1) is 14.9. The molecule has 110 valence electrons. The lowest BCUT2D eigenvalue weighted by molar-refractivity contribution is -0.0105. The zero-order chi connectivity index (χ0) is 15.0. The van der Waals surface area contributed by atoms with Gasteiger partial charge < -0.3 is 9.47 Å². The van der Waals surface area contributed by atoms with Crippen molar-refractivity contribution in [2.75, 3.05) is 6.61 Å². The van der Waals surface area contributed by atoms with Gasteiger partial charge in [-0.25, -0.2) is 0 Å². The standard InChI is InChI=1S/C15H10Cl3FO2/c16-9-1-4-11(5-2-9)21-14(19)15(8-20-15)12-6-3-10(17)7-13(12)18/h1-7,14H,8H2. The molecule has 2 aromatic rings. The van der Waals surface area contributed by atoms with Gasteiger partial charge in [-0.1, -0.05) is 40.9 Å². The summed E-state index contributed by atoms with van der Waals surface area (Å²) in [5.41, 5.74) is -0.656. The van der Waals surface area contributed by atoms with E-state index in [0.29, 0.717) is 26.4 Å². The summed E-state index contributed by atoms with van der Waals surface area (Å²) >= 11 is 17.7. The normalized spacial score (nSPS) is 21.9. The van der Waals surface area contributed by atoms with Gasteiger partial charge in [-0.05, 0) is 36.4 Å². The molecule has 6 heteroatoms. The molecule has 0 N–H and O–H groups in total. The number of ether oxygens (including phenoxy) is 2. The largest absolute Gasteiger partial charge is 0.457 e. The Morgan fingerprint density at radius 3 is 2.24 bits per heavy atom. The van der Waals surface area contributed by atoms with Crippen LogP contribution >= 0.6 is 34.8 Å². The maximum Gasteiger partial charge on any atom is 0.273 e. The lowest BCUT2D eigenvalue weighted by Crippen LogP contribution is -2.29. The van der Waals surface area contributed by atoms with Crippen LogP contribution in [0.1, 0.15) is 5.56 Å². The lowest BCUT2D eigenvalue weighted by atomic mass is 10.00. The molecule has 0 spiro atoms. The molecule has 2 atom stereocenters. The first-order valence-corrected chi connectivity index (χ1v) is 7.30. The topological polar surface area (TPSA) is 21.8 Å². The molecule has 0 bridgehead atoms. The fraction of sp³-hybridized carbons (Fsp3) is 0.200. The molecule has 2 unspecified atom stereocenters. The van der Waals surface area contributed by atoms with Gasteiger partial charge in [0.1, 0.15) is 5.75 Å². The smallest absolute Gasteiger partial charge is 0.273 e. The average Bonchev–Trinajstić information content (AvgIpc) is 3.23. The predicted octanol–water partition coefficient (Wildman–Crippen LogP) is 5.25. The van der Waals surface area contributed by atoms with Gasteiger partial charge in [0, 0.05) is 20.6 Å². The number of alkyl halides is 1. The number of rotatable bonds is 4. The second-order valence-corrected chi connectivity index (χ2v) is 5.97. The van der Waals surface area contributed by atoms with E-state index in [2.05, 4.69) is 0 Å². The van der Waals surface area contributed by atoms with E-state index in [4.69, 9.17) is 44.3 Å². The Labute approximate surface area is 136 Å². The summed E-state index contributed by atoms with van der Waals surface area (Å²) in [4.78, 5) is 0. The van der Waals surface area contributed by atoms with E-state index < -0.39 is 12.0 Å². The number of benzene rings is 2. The van der Waals surface area contributed by atoms with Gasteiger partial charge in [-0.3, -0.25) is 0 Å². The number of epoxide rings is 1. The summed E-state index contributed by atoms with van der Waals surface area (Å²) in [5.74, 6) is 0.367. The van der Waals surface area contributed by atoms with Crippen molar-refractivity contribution in [1.29, 1.82) is 0 Å². The Kier molecular flexibility index (Phi) is 4.02. The second kappa shape index (κ2) is 5.65. The quantitative estimate of drug-likeness (QED) is 0.705. The van der Waals surface area contributed by atoms with Crippen LogP contribution in [-0.4, -0.2) is 13.0 Å². The number of hydrogen-bond donors (Lipinski definition) is 0. The van der Waals surface area contributed by atoms with Crippen LogP contribution in [0.2, 0.25) is 15.1 Å². The van der Waals surface area contributed by atoms with Crippen LogP contribution in [0.15, 0.2) is 42.5 Å². The molecule has 0 aromatic heterocycles. The van der Waals surface area contributed by atoms with Crippen LogP contribution in [0.3, 0.4) is 0 Å². The lowest BCUT2D eigenvalue weighted by Gasteiger charge is -2.20. The zero-order valence-corrected chi connectivity index (χ0v) is 12.9. The minimum absolute atomic E-state index is 0.198. The Morgan fingerprint density at radius 1 is 1.05 bits per heavy atom. The minimum Gasteiger partial charge on any atom is -0.457 e. The van der Waals surface area contributed by atoms with E-state index in [1.807, 2.05) is 0 Å². The minimum atomic E-state index is -1.68. The van der Waals surface area contributed by atoms with E-state index in [0.717, 1.165) is 0 Å². The number of halogens is 4. The zero-order valence-electron chi connectivity index (χ0n) is 10.7. The summed E-state index contributed by atoms with van der Waals surface area (Å²) in [7, 11) is 0. The summed E-state index contributed by atoms with van der Waals surface area (Å²) < 4.78 is 25.1. The molecule has 1 saturated heterocycles. The third kappa shape index (κ3) is 2.97. The van der Waals surface area contributed by atoms with Crippen molar-refractivity contribution in [3.8, 4) is 5.75 Å². The highest BCUT2D eigenvalue weighted by atomic mass is 35.5. The molecule has 0 radical (unpaired) electrons. The van der Waals surface area contributed by atoms with E-state index in [9.17, 15) is 4.39 Å². The maximum atomic E-state index is 14.5. The molecule has 2 aromatic carbocycles. The second-order valence-electron chi connectivity index (χ2n) is 4.69. The Balaban J connectivity index is 1.83. The van der Waals surface area contributed by atoms with Crippen molar-refractivity contribution in [1.82, 2.24) is 0 Å². The van der Waals surface area contributed by atoms with Gasteiger partial charge in [0.2, 0.25) is 0 Å². The number of hydrogen-bond acceptors (Lipinski definition) is 2. The molecule has 0 saturated carbocycles. The van der Waals surface area contributed by atoms with Crippen LogP contribution in [0, 0.1) is 0 Å². The molecule has 0 aliphatic carbocycles. The van der Waals surface area contributed by atoms with Crippen LogP contribution in [0.4, 0.5) is 4.39 Å². The predicted molar refractivity (Wildman–Crippen MR) is 81.1 cm³/mol. The molecule has 1 aliphatic rings. The van der Waals surface area contributed by atoms with Crippen molar-refractivity contribution >= 4 is 34.8 Å². The van der Waals surface area contributed by atoms with E-state index >= 15 is 0 Å². The SMILES string of the molecule is FC(Oc1ccc(Cl)cc1)C1(c2ccc(Cl)cc2Cl)CO1. The van der Waals surface area contributed by atoms with Gasteiger partial charge >= 0.3 is 0 Å². The third-order valence-electron chi connectivity index (χ3n) is 3.26. The molecule has 1 fully saturated rings. The van der Waals surface area contributed by atoms with Gasteiger partial charge in [0.15, 0.2) is 5.60 Å². The van der Waals surface area contributed by atoms with Crippen LogP contribution in [0.5, 0.6) is 5.75 Å². The molecule has 2 nitrogen and oxygen atoms in total. The van der Waals surface area contributed by atoms with Gasteiger partial charge in [0.25, 0.3) is 6.36 Å². The highest BCUT2D eigenvalue weighted by molar-refractivity contribution is 6.35. The Morgan fingerprint density at radius 2 is 1.67 bits per heavy atom.